The lowest BCUT2D eigenvalue weighted by molar-refractivity contribution is -0.111. The predicted octanol–water partition coefficient (Wildman–Crippen LogP) is 2.95. The Morgan fingerprint density at radius 3 is 2.93 bits per heavy atom. The Hall–Kier alpha value is -3.68. The molecule has 0 atom stereocenters. The van der Waals surface area contributed by atoms with Crippen molar-refractivity contribution in [3.8, 4) is 0 Å². The number of benzene rings is 1. The van der Waals surface area contributed by atoms with Gasteiger partial charge in [-0.25, -0.2) is 4.98 Å². The SMILES string of the molecule is C=CC(=O)Nc1cccc(CN2CCc3c(C)nc(Nc4cnn(C)c4)nc32)c1. The second-order valence-electron chi connectivity index (χ2n) is 7.03. The highest BCUT2D eigenvalue weighted by atomic mass is 16.1. The third-order valence-electron chi connectivity index (χ3n) is 4.84. The van der Waals surface area contributed by atoms with Gasteiger partial charge in [-0.3, -0.25) is 9.48 Å². The standard InChI is InChI=1S/C21H23N7O/c1-4-19(29)24-16-7-5-6-15(10-16)12-28-9-8-18-14(2)23-21(26-20(18)28)25-17-11-22-27(3)13-17/h4-7,10-11,13H,1,8-9,12H2,2-3H3,(H,24,29)(H,23,25,26). The molecule has 0 unspecified atom stereocenters. The quantitative estimate of drug-likeness (QED) is 0.630. The number of carbonyl (C=O) groups excluding carboxylic acids is 1. The largest absolute Gasteiger partial charge is 0.352 e. The van der Waals surface area contributed by atoms with Crippen molar-refractivity contribution in [3.63, 3.8) is 0 Å². The van der Waals surface area contributed by atoms with Crippen molar-refractivity contribution >= 4 is 29.0 Å². The third-order valence-corrected chi connectivity index (χ3v) is 4.84. The molecule has 2 aromatic heterocycles. The van der Waals surface area contributed by atoms with Crippen molar-refractivity contribution in [2.24, 2.45) is 7.05 Å². The molecule has 3 heterocycles. The monoisotopic (exact) mass is 389 g/mol. The van der Waals surface area contributed by atoms with Crippen LogP contribution in [0.2, 0.25) is 0 Å². The molecule has 0 fully saturated rings. The van der Waals surface area contributed by atoms with E-state index in [1.165, 1.54) is 11.6 Å². The molecular weight excluding hydrogens is 366 g/mol. The fourth-order valence-electron chi connectivity index (χ4n) is 3.47. The van der Waals surface area contributed by atoms with Gasteiger partial charge in [0, 0.05) is 43.3 Å². The van der Waals surface area contributed by atoms with Crippen molar-refractivity contribution in [1.29, 1.82) is 0 Å². The number of anilines is 4. The van der Waals surface area contributed by atoms with Crippen molar-refractivity contribution in [1.82, 2.24) is 19.7 Å². The van der Waals surface area contributed by atoms with E-state index in [2.05, 4.69) is 32.2 Å². The normalized spacial score (nSPS) is 12.6. The molecule has 1 aromatic carbocycles. The summed E-state index contributed by atoms with van der Waals surface area (Å²) in [5.74, 6) is 1.29. The van der Waals surface area contributed by atoms with E-state index in [4.69, 9.17) is 4.98 Å². The molecule has 0 spiro atoms. The van der Waals surface area contributed by atoms with Crippen LogP contribution in [0.4, 0.5) is 23.1 Å². The van der Waals surface area contributed by atoms with Gasteiger partial charge in [-0.2, -0.15) is 10.1 Å². The van der Waals surface area contributed by atoms with Gasteiger partial charge in [0.1, 0.15) is 5.82 Å². The van der Waals surface area contributed by atoms with Crippen molar-refractivity contribution in [2.45, 2.75) is 19.9 Å². The van der Waals surface area contributed by atoms with E-state index in [0.29, 0.717) is 12.5 Å². The number of fused-ring (bicyclic) bond motifs is 1. The predicted molar refractivity (Wildman–Crippen MR) is 113 cm³/mol. The first kappa shape index (κ1) is 18.7. The molecule has 1 aliphatic heterocycles. The average Bonchev–Trinajstić information content (AvgIpc) is 3.28. The van der Waals surface area contributed by atoms with Gasteiger partial charge in [-0.05, 0) is 37.1 Å². The maximum Gasteiger partial charge on any atom is 0.247 e. The molecule has 8 heteroatoms. The van der Waals surface area contributed by atoms with Gasteiger partial charge in [0.15, 0.2) is 0 Å². The van der Waals surface area contributed by atoms with Gasteiger partial charge in [0.05, 0.1) is 11.9 Å². The van der Waals surface area contributed by atoms with E-state index in [1.54, 1.807) is 10.9 Å². The second kappa shape index (κ2) is 7.75. The number of aryl methyl sites for hydroxylation is 2. The summed E-state index contributed by atoms with van der Waals surface area (Å²) in [7, 11) is 1.87. The van der Waals surface area contributed by atoms with Gasteiger partial charge >= 0.3 is 0 Å². The van der Waals surface area contributed by atoms with Crippen LogP contribution in [0.3, 0.4) is 0 Å². The highest BCUT2D eigenvalue weighted by Gasteiger charge is 2.24. The lowest BCUT2D eigenvalue weighted by Gasteiger charge is -2.19. The smallest absolute Gasteiger partial charge is 0.247 e. The fourth-order valence-corrected chi connectivity index (χ4v) is 3.47. The molecule has 0 saturated carbocycles. The van der Waals surface area contributed by atoms with Gasteiger partial charge in [0.25, 0.3) is 0 Å². The number of amides is 1. The maximum atomic E-state index is 11.6. The van der Waals surface area contributed by atoms with Crippen molar-refractivity contribution in [3.05, 3.63) is 66.1 Å². The molecule has 3 aromatic rings. The zero-order valence-corrected chi connectivity index (χ0v) is 16.5. The molecule has 29 heavy (non-hydrogen) atoms. The molecule has 4 rings (SSSR count). The van der Waals surface area contributed by atoms with Crippen LogP contribution >= 0.6 is 0 Å². The van der Waals surface area contributed by atoms with Crippen molar-refractivity contribution in [2.75, 3.05) is 22.1 Å². The number of hydrogen-bond acceptors (Lipinski definition) is 6. The summed E-state index contributed by atoms with van der Waals surface area (Å²) in [5, 5.41) is 10.2. The Morgan fingerprint density at radius 2 is 2.17 bits per heavy atom. The highest BCUT2D eigenvalue weighted by Crippen LogP contribution is 2.31. The average molecular weight is 389 g/mol. The summed E-state index contributed by atoms with van der Waals surface area (Å²) >= 11 is 0. The number of rotatable bonds is 6. The van der Waals surface area contributed by atoms with E-state index in [0.717, 1.165) is 41.4 Å². The third kappa shape index (κ3) is 4.11. The molecule has 0 bridgehead atoms. The zero-order valence-electron chi connectivity index (χ0n) is 16.5. The Morgan fingerprint density at radius 1 is 1.31 bits per heavy atom. The Kier molecular flexibility index (Phi) is 4.99. The first-order valence-corrected chi connectivity index (χ1v) is 9.42. The fraction of sp³-hybridized carbons (Fsp3) is 0.238. The molecule has 8 nitrogen and oxygen atoms in total. The van der Waals surface area contributed by atoms with Crippen LogP contribution in [0.25, 0.3) is 0 Å². The summed E-state index contributed by atoms with van der Waals surface area (Å²) in [6.07, 6.45) is 5.81. The molecule has 1 amide bonds. The number of aromatic nitrogens is 4. The lowest BCUT2D eigenvalue weighted by atomic mass is 10.2. The van der Waals surface area contributed by atoms with Crippen LogP contribution < -0.4 is 15.5 Å². The molecule has 0 aliphatic carbocycles. The van der Waals surface area contributed by atoms with Gasteiger partial charge in [-0.15, -0.1) is 0 Å². The Labute approximate surface area is 169 Å². The van der Waals surface area contributed by atoms with Crippen LogP contribution in [0, 0.1) is 6.92 Å². The maximum absolute atomic E-state index is 11.6. The van der Waals surface area contributed by atoms with E-state index >= 15 is 0 Å². The van der Waals surface area contributed by atoms with E-state index < -0.39 is 0 Å². The second-order valence-corrected chi connectivity index (χ2v) is 7.03. The summed E-state index contributed by atoms with van der Waals surface area (Å²) in [4.78, 5) is 23.2. The van der Waals surface area contributed by atoms with E-state index in [9.17, 15) is 4.79 Å². The van der Waals surface area contributed by atoms with Gasteiger partial charge in [0.2, 0.25) is 11.9 Å². The molecule has 148 valence electrons. The topological polar surface area (TPSA) is 88.0 Å². The highest BCUT2D eigenvalue weighted by molar-refractivity contribution is 5.98. The summed E-state index contributed by atoms with van der Waals surface area (Å²) in [5.41, 5.74) is 4.86. The molecule has 1 aliphatic rings. The number of nitrogens with zero attached hydrogens (tertiary/aromatic N) is 5. The molecule has 0 saturated heterocycles. The van der Waals surface area contributed by atoms with Crippen LogP contribution in [-0.4, -0.2) is 32.2 Å². The van der Waals surface area contributed by atoms with Crippen LogP contribution in [-0.2, 0) is 24.8 Å². The Balaban J connectivity index is 1.55. The molecule has 2 N–H and O–H groups in total. The summed E-state index contributed by atoms with van der Waals surface area (Å²) in [6, 6.07) is 7.82. The number of hydrogen-bond donors (Lipinski definition) is 2. The van der Waals surface area contributed by atoms with Crippen molar-refractivity contribution < 1.29 is 4.79 Å². The first-order valence-electron chi connectivity index (χ1n) is 9.42. The van der Waals surface area contributed by atoms with Gasteiger partial charge < -0.3 is 15.5 Å². The molecule has 0 radical (unpaired) electrons. The number of nitrogens with one attached hydrogen (secondary N) is 2. The Bertz CT molecular complexity index is 1070. The van der Waals surface area contributed by atoms with Crippen LogP contribution in [0.15, 0.2) is 49.3 Å². The minimum absolute atomic E-state index is 0.219. The first-order chi connectivity index (χ1) is 14.0. The lowest BCUT2D eigenvalue weighted by Crippen LogP contribution is -2.21. The minimum atomic E-state index is -0.219. The van der Waals surface area contributed by atoms with E-state index in [-0.39, 0.29) is 5.91 Å². The molecular formula is C21H23N7O. The summed E-state index contributed by atoms with van der Waals surface area (Å²) in [6.45, 7) is 7.09. The van der Waals surface area contributed by atoms with Crippen LogP contribution in [0.1, 0.15) is 16.8 Å². The van der Waals surface area contributed by atoms with Gasteiger partial charge in [-0.1, -0.05) is 18.7 Å². The van der Waals surface area contributed by atoms with E-state index in [1.807, 2.05) is 44.4 Å². The van der Waals surface area contributed by atoms with Crippen LogP contribution in [0.5, 0.6) is 0 Å². The summed E-state index contributed by atoms with van der Waals surface area (Å²) < 4.78 is 1.73. The minimum Gasteiger partial charge on any atom is -0.352 e. The zero-order chi connectivity index (χ0) is 20.4. The number of carbonyl (C=O) groups is 1.